The van der Waals surface area contributed by atoms with Gasteiger partial charge in [0.25, 0.3) is 0 Å². The maximum Gasteiger partial charge on any atom is 0.471 e. The average Bonchev–Trinajstić information content (AvgIpc) is 1.99. The molecule has 0 unspecified atom stereocenters. The first-order valence-corrected chi connectivity index (χ1v) is 4.19. The molecule has 15 heavy (non-hydrogen) atoms. The van der Waals surface area contributed by atoms with Crippen molar-refractivity contribution in [3.8, 4) is 0 Å². The van der Waals surface area contributed by atoms with Gasteiger partial charge in [-0.1, -0.05) is 11.6 Å². The van der Waals surface area contributed by atoms with Crippen molar-refractivity contribution < 1.29 is 18.0 Å². The van der Waals surface area contributed by atoms with Crippen LogP contribution in [0.25, 0.3) is 0 Å². The van der Waals surface area contributed by atoms with Crippen LogP contribution < -0.4 is 5.32 Å². The third-order valence-corrected chi connectivity index (χ3v) is 1.63. The zero-order valence-corrected chi connectivity index (χ0v) is 8.28. The molecule has 1 amide bonds. The van der Waals surface area contributed by atoms with Gasteiger partial charge in [0, 0.05) is 11.4 Å². The average molecular weight is 239 g/mol. The lowest BCUT2D eigenvalue weighted by Crippen LogP contribution is -2.29. The van der Waals surface area contributed by atoms with Crippen LogP contribution in [0.5, 0.6) is 0 Å². The zero-order valence-electron chi connectivity index (χ0n) is 7.52. The number of hydrogen-bond acceptors (Lipinski definition) is 2. The van der Waals surface area contributed by atoms with Crippen molar-refractivity contribution in [1.29, 1.82) is 0 Å². The number of nitrogens with one attached hydrogen (secondary N) is 1. The molecule has 0 aliphatic carbocycles. The van der Waals surface area contributed by atoms with Crippen LogP contribution >= 0.6 is 11.6 Å². The number of alkyl halides is 3. The number of carbonyl (C=O) groups is 1. The molecular weight excluding hydrogens is 233 g/mol. The highest BCUT2D eigenvalue weighted by atomic mass is 35.5. The third kappa shape index (κ3) is 3.39. The Bertz CT molecular complexity index is 372. The Morgan fingerprint density at radius 2 is 2.07 bits per heavy atom. The SMILES string of the molecule is Cc1cc(NC(=O)C(F)(F)F)cc(Cl)n1. The summed E-state index contributed by atoms with van der Waals surface area (Å²) < 4.78 is 35.6. The summed E-state index contributed by atoms with van der Waals surface area (Å²) in [5, 5.41) is 1.70. The largest absolute Gasteiger partial charge is 0.471 e. The number of carbonyl (C=O) groups excluding carboxylic acids is 1. The van der Waals surface area contributed by atoms with Crippen molar-refractivity contribution in [2.75, 3.05) is 5.32 Å². The predicted molar refractivity (Wildman–Crippen MR) is 48.7 cm³/mol. The molecule has 0 aromatic carbocycles. The van der Waals surface area contributed by atoms with Gasteiger partial charge in [-0.25, -0.2) is 4.98 Å². The minimum atomic E-state index is -4.91. The second-order valence-electron chi connectivity index (χ2n) is 2.77. The van der Waals surface area contributed by atoms with Crippen LogP contribution in [0.4, 0.5) is 18.9 Å². The number of pyridine rings is 1. The summed E-state index contributed by atoms with van der Waals surface area (Å²) in [6.45, 7) is 1.55. The molecule has 0 radical (unpaired) electrons. The Kier molecular flexibility index (Phi) is 3.18. The molecule has 0 spiro atoms. The number of anilines is 1. The van der Waals surface area contributed by atoms with Crippen molar-refractivity contribution in [3.63, 3.8) is 0 Å². The van der Waals surface area contributed by atoms with Crippen LogP contribution in [0.2, 0.25) is 5.15 Å². The number of aryl methyl sites for hydroxylation is 1. The summed E-state index contributed by atoms with van der Waals surface area (Å²) in [6, 6.07) is 2.42. The first kappa shape index (κ1) is 11.8. The van der Waals surface area contributed by atoms with Crippen LogP contribution in [0.3, 0.4) is 0 Å². The van der Waals surface area contributed by atoms with Gasteiger partial charge in [-0.2, -0.15) is 13.2 Å². The summed E-state index contributed by atoms with van der Waals surface area (Å²) in [5.41, 5.74) is 0.384. The van der Waals surface area contributed by atoms with Gasteiger partial charge < -0.3 is 5.32 Å². The standard InChI is InChI=1S/C8H6ClF3N2O/c1-4-2-5(3-6(9)13-4)14-7(15)8(10,11)12/h2-3H,1H3,(H,13,14,15). The van der Waals surface area contributed by atoms with Gasteiger partial charge in [0.2, 0.25) is 0 Å². The molecule has 0 saturated heterocycles. The molecule has 1 aromatic heterocycles. The van der Waals surface area contributed by atoms with Crippen LogP contribution in [-0.4, -0.2) is 17.1 Å². The molecule has 7 heteroatoms. The highest BCUT2D eigenvalue weighted by Crippen LogP contribution is 2.20. The molecule has 1 rings (SSSR count). The quantitative estimate of drug-likeness (QED) is 0.764. The van der Waals surface area contributed by atoms with Crippen LogP contribution in [0, 0.1) is 6.92 Å². The smallest absolute Gasteiger partial charge is 0.318 e. The van der Waals surface area contributed by atoms with Crippen molar-refractivity contribution in [2.45, 2.75) is 13.1 Å². The Morgan fingerprint density at radius 3 is 2.53 bits per heavy atom. The van der Waals surface area contributed by atoms with E-state index in [1.165, 1.54) is 6.07 Å². The molecule has 0 aliphatic rings. The highest BCUT2D eigenvalue weighted by Gasteiger charge is 2.38. The summed E-state index contributed by atoms with van der Waals surface area (Å²) in [6.07, 6.45) is -4.91. The van der Waals surface area contributed by atoms with E-state index in [9.17, 15) is 18.0 Å². The molecule has 0 aliphatic heterocycles. The second kappa shape index (κ2) is 4.06. The van der Waals surface area contributed by atoms with Crippen LogP contribution in [0.1, 0.15) is 5.69 Å². The first-order chi connectivity index (χ1) is 6.79. The minimum absolute atomic E-state index is 0.0208. The van der Waals surface area contributed by atoms with E-state index in [1.807, 2.05) is 0 Å². The van der Waals surface area contributed by atoms with E-state index in [4.69, 9.17) is 11.6 Å². The number of halogens is 4. The van der Waals surface area contributed by atoms with Gasteiger partial charge in [0.15, 0.2) is 0 Å². The third-order valence-electron chi connectivity index (χ3n) is 1.44. The maximum absolute atomic E-state index is 11.9. The van der Waals surface area contributed by atoms with E-state index in [0.29, 0.717) is 5.69 Å². The van der Waals surface area contributed by atoms with Crippen LogP contribution in [0.15, 0.2) is 12.1 Å². The van der Waals surface area contributed by atoms with Gasteiger partial charge >= 0.3 is 12.1 Å². The summed E-state index contributed by atoms with van der Waals surface area (Å²) >= 11 is 5.50. The molecule has 0 fully saturated rings. The molecular formula is C8H6ClF3N2O. The Balaban J connectivity index is 2.86. The Hall–Kier alpha value is -1.30. The fourth-order valence-electron chi connectivity index (χ4n) is 0.902. The van der Waals surface area contributed by atoms with E-state index < -0.39 is 12.1 Å². The Labute approximate surface area is 88.3 Å². The first-order valence-electron chi connectivity index (χ1n) is 3.81. The fraction of sp³-hybridized carbons (Fsp3) is 0.250. The van der Waals surface area contributed by atoms with Gasteiger partial charge in [-0.3, -0.25) is 4.79 Å². The summed E-state index contributed by atoms with van der Waals surface area (Å²) in [7, 11) is 0. The van der Waals surface area contributed by atoms with E-state index in [2.05, 4.69) is 4.98 Å². The molecule has 0 saturated carbocycles. The molecule has 1 aromatic rings. The molecule has 0 bridgehead atoms. The monoisotopic (exact) mass is 238 g/mol. The van der Waals surface area contributed by atoms with E-state index in [-0.39, 0.29) is 10.8 Å². The van der Waals surface area contributed by atoms with Crippen molar-refractivity contribution in [2.24, 2.45) is 0 Å². The van der Waals surface area contributed by atoms with E-state index >= 15 is 0 Å². The number of hydrogen-bond donors (Lipinski definition) is 1. The second-order valence-corrected chi connectivity index (χ2v) is 3.16. The predicted octanol–water partition coefficient (Wildman–Crippen LogP) is 2.54. The molecule has 1 heterocycles. The van der Waals surface area contributed by atoms with Crippen molar-refractivity contribution in [3.05, 3.63) is 23.0 Å². The molecule has 1 N–H and O–H groups in total. The number of aromatic nitrogens is 1. The molecule has 3 nitrogen and oxygen atoms in total. The van der Waals surface area contributed by atoms with Crippen molar-refractivity contribution >= 4 is 23.2 Å². The van der Waals surface area contributed by atoms with Crippen LogP contribution in [-0.2, 0) is 4.79 Å². The van der Waals surface area contributed by atoms with Gasteiger partial charge in [0.1, 0.15) is 5.15 Å². The summed E-state index contributed by atoms with van der Waals surface area (Å²) in [4.78, 5) is 14.3. The number of nitrogens with zero attached hydrogens (tertiary/aromatic N) is 1. The number of amides is 1. The van der Waals surface area contributed by atoms with E-state index in [1.54, 1.807) is 12.2 Å². The fourth-order valence-corrected chi connectivity index (χ4v) is 1.15. The lowest BCUT2D eigenvalue weighted by Gasteiger charge is -2.08. The number of rotatable bonds is 1. The Morgan fingerprint density at radius 1 is 1.47 bits per heavy atom. The normalized spacial score (nSPS) is 11.3. The maximum atomic E-state index is 11.9. The van der Waals surface area contributed by atoms with E-state index in [0.717, 1.165) is 6.07 Å². The molecule has 0 atom stereocenters. The summed E-state index contributed by atoms with van der Waals surface area (Å²) in [5.74, 6) is -2.04. The highest BCUT2D eigenvalue weighted by molar-refractivity contribution is 6.29. The lowest BCUT2D eigenvalue weighted by molar-refractivity contribution is -0.167. The lowest BCUT2D eigenvalue weighted by atomic mass is 10.3. The minimum Gasteiger partial charge on any atom is -0.318 e. The topological polar surface area (TPSA) is 42.0 Å². The van der Waals surface area contributed by atoms with Crippen molar-refractivity contribution in [1.82, 2.24) is 4.98 Å². The zero-order chi connectivity index (χ0) is 11.6. The molecule has 82 valence electrons. The van der Waals surface area contributed by atoms with Gasteiger partial charge in [-0.15, -0.1) is 0 Å². The van der Waals surface area contributed by atoms with Gasteiger partial charge in [-0.05, 0) is 19.1 Å². The van der Waals surface area contributed by atoms with Gasteiger partial charge in [0.05, 0.1) is 0 Å².